The first-order valence-corrected chi connectivity index (χ1v) is 22.1. The van der Waals surface area contributed by atoms with Gasteiger partial charge in [0.25, 0.3) is 5.91 Å². The van der Waals surface area contributed by atoms with Gasteiger partial charge in [-0.1, -0.05) is 12.1 Å². The fourth-order valence-electron chi connectivity index (χ4n) is 8.93. The van der Waals surface area contributed by atoms with Crippen LogP contribution >= 0.6 is 0 Å². The summed E-state index contributed by atoms with van der Waals surface area (Å²) in [6, 6.07) is 17.9. The Kier molecular flexibility index (Phi) is 14.4. The number of hydrazine groups is 1. The number of hydrogen-bond donors (Lipinski definition) is 4. The van der Waals surface area contributed by atoms with E-state index >= 15 is 0 Å². The second-order valence-corrected chi connectivity index (χ2v) is 17.1. The summed E-state index contributed by atoms with van der Waals surface area (Å²) in [6.07, 6.45) is 8.26. The first-order valence-electron chi connectivity index (χ1n) is 22.1. The molecular weight excluding hydrogens is 827 g/mol. The molecule has 3 aliphatic heterocycles. The van der Waals surface area contributed by atoms with Crippen molar-refractivity contribution in [2.24, 2.45) is 11.6 Å². The Labute approximate surface area is 380 Å². The van der Waals surface area contributed by atoms with Gasteiger partial charge in [-0.05, 0) is 84.0 Å². The monoisotopic (exact) mass is 887 g/mol. The average molecular weight is 888 g/mol. The van der Waals surface area contributed by atoms with Crippen LogP contribution in [0.5, 0.6) is 5.75 Å². The van der Waals surface area contributed by atoms with Crippen LogP contribution in [0.2, 0.25) is 0 Å². The van der Waals surface area contributed by atoms with Gasteiger partial charge in [-0.25, -0.2) is 5.84 Å². The number of rotatable bonds is 16. The molecule has 65 heavy (non-hydrogen) atoms. The Morgan fingerprint density at radius 1 is 0.938 bits per heavy atom. The number of H-pyrrole nitrogens is 1. The Morgan fingerprint density at radius 3 is 2.43 bits per heavy atom. The molecule has 0 aliphatic carbocycles. The van der Waals surface area contributed by atoms with Gasteiger partial charge in [0, 0.05) is 134 Å². The van der Waals surface area contributed by atoms with Crippen molar-refractivity contribution in [3.63, 3.8) is 0 Å². The molecule has 3 aliphatic rings. The lowest BCUT2D eigenvalue weighted by molar-refractivity contribution is -0.134. The number of carbonyl (C=O) groups excluding carboxylic acids is 5. The van der Waals surface area contributed by atoms with E-state index in [4.69, 9.17) is 16.3 Å². The van der Waals surface area contributed by atoms with Gasteiger partial charge in [0.2, 0.25) is 24.1 Å². The number of amides is 5. The first kappa shape index (κ1) is 46.2. The molecule has 0 spiro atoms. The quantitative estimate of drug-likeness (QED) is 0.0556. The second-order valence-electron chi connectivity index (χ2n) is 17.1. The van der Waals surface area contributed by atoms with Crippen LogP contribution < -0.4 is 36.3 Å². The number of hydrogen-bond acceptors (Lipinski definition) is 12. The normalized spacial score (nSPS) is 17.0. The number of nitrogens with zero attached hydrogens (tertiary/aromatic N) is 7. The van der Waals surface area contributed by atoms with Gasteiger partial charge < -0.3 is 45.0 Å². The molecule has 0 saturated carbocycles. The predicted molar refractivity (Wildman–Crippen MR) is 254 cm³/mol. The van der Waals surface area contributed by atoms with Gasteiger partial charge in [-0.2, -0.15) is 0 Å². The number of anilines is 3. The lowest BCUT2D eigenvalue weighted by Gasteiger charge is -2.36. The van der Waals surface area contributed by atoms with E-state index in [9.17, 15) is 24.0 Å². The number of carbonyl (C=O) groups is 5. The third kappa shape index (κ3) is 10.4. The fraction of sp³-hybridized carbons (Fsp3) is 0.396. The molecule has 2 fully saturated rings. The minimum atomic E-state index is -0.504. The van der Waals surface area contributed by atoms with Crippen molar-refractivity contribution < 1.29 is 28.7 Å². The van der Waals surface area contributed by atoms with Crippen molar-refractivity contribution in [3.05, 3.63) is 89.9 Å². The van der Waals surface area contributed by atoms with Crippen LogP contribution in [0.3, 0.4) is 0 Å². The molecule has 17 heteroatoms. The highest BCUT2D eigenvalue weighted by Gasteiger charge is 2.32. The number of nitrogens with one attached hydrogen (secondary N) is 2. The predicted octanol–water partition coefficient (Wildman–Crippen LogP) is 3.36. The highest BCUT2D eigenvalue weighted by Crippen LogP contribution is 2.41. The standard InChI is InChI=1S/C48H61N11O6/c1-53(2)48(64)40-29-38-37(26-34(27-39(38)51-40)33-7-6-17-58(30-33)46(62)15-19-59(50)20-16-49)36-10-9-35(28-44(36)65-5)57-23-21-56(22-24-57)18-14-32-8-11-41(43(25-32)54(3)31-60)55(4)42-12-13-45(61)52-47(42)63/h7-11,16,20,25-29,31,42,51H,6,12-15,17-19,21-24,30,49-50H2,1-5H3,(H,52,61,63)/b20-16-. The van der Waals surface area contributed by atoms with E-state index in [0.717, 1.165) is 95.7 Å². The minimum absolute atomic E-state index is 0.00984. The lowest BCUT2D eigenvalue weighted by atomic mass is 9.93. The van der Waals surface area contributed by atoms with Gasteiger partial charge in [0.05, 0.1) is 18.5 Å². The molecule has 0 radical (unpaired) electrons. The van der Waals surface area contributed by atoms with Gasteiger partial charge >= 0.3 is 0 Å². The number of ether oxygens (including phenoxy) is 1. The summed E-state index contributed by atoms with van der Waals surface area (Å²) in [5.41, 5.74) is 14.1. The highest BCUT2D eigenvalue weighted by molar-refractivity contribution is 6.05. The average Bonchev–Trinajstić information content (AvgIpc) is 3.76. The topological polar surface area (TPSA) is 197 Å². The van der Waals surface area contributed by atoms with Crippen molar-refractivity contribution in [1.82, 2.24) is 30.0 Å². The molecule has 0 bridgehead atoms. The number of fused-ring (bicyclic) bond motifs is 1. The van der Waals surface area contributed by atoms with Crippen LogP contribution in [0.4, 0.5) is 17.1 Å². The molecule has 6 N–H and O–H groups in total. The molecule has 344 valence electrons. The number of methoxy groups -OCH3 is 1. The first-order chi connectivity index (χ1) is 31.3. The number of aromatic nitrogens is 1. The van der Waals surface area contributed by atoms with Crippen LogP contribution in [0.25, 0.3) is 27.6 Å². The van der Waals surface area contributed by atoms with Crippen molar-refractivity contribution in [1.29, 1.82) is 0 Å². The molecular formula is C48H61N11O6. The van der Waals surface area contributed by atoms with Gasteiger partial charge in [0.15, 0.2) is 0 Å². The number of piperidine rings is 1. The van der Waals surface area contributed by atoms with E-state index in [1.165, 1.54) is 22.3 Å². The van der Waals surface area contributed by atoms with Gasteiger partial charge in [-0.15, -0.1) is 0 Å². The van der Waals surface area contributed by atoms with Crippen LogP contribution in [0.15, 0.2) is 73.1 Å². The van der Waals surface area contributed by atoms with Crippen molar-refractivity contribution in [3.8, 4) is 16.9 Å². The number of benzene rings is 3. The number of likely N-dealkylation sites (N-methyl/N-ethyl adjacent to an activating group) is 1. The Bertz CT molecular complexity index is 2490. The van der Waals surface area contributed by atoms with Crippen LogP contribution in [-0.4, -0.2) is 148 Å². The summed E-state index contributed by atoms with van der Waals surface area (Å²) < 4.78 is 6.10. The number of piperazine rings is 1. The molecule has 2 saturated heterocycles. The summed E-state index contributed by atoms with van der Waals surface area (Å²) in [4.78, 5) is 77.7. The van der Waals surface area contributed by atoms with Crippen LogP contribution in [0, 0.1) is 0 Å². The summed E-state index contributed by atoms with van der Waals surface area (Å²) in [5, 5.41) is 4.72. The molecule has 1 aromatic heterocycles. The molecule has 7 rings (SSSR count). The second kappa shape index (κ2) is 20.3. The Balaban J connectivity index is 1.06. The Hall–Kier alpha value is -6.85. The SMILES string of the molecule is COc1cc(N2CCN(CCc3ccc(N(C)C4CCC(=O)NC4=O)c(N(C)C=O)c3)CC2)ccc1-c1cc(C2=CCCN(C(=O)CCN(N)/C=C\N)C2)cc2[nH]c(C(=O)N(C)C)cc12. The molecule has 3 aromatic carbocycles. The van der Waals surface area contributed by atoms with E-state index in [1.807, 2.05) is 41.1 Å². The van der Waals surface area contributed by atoms with Crippen molar-refractivity contribution in [2.75, 3.05) is 102 Å². The van der Waals surface area contributed by atoms with E-state index < -0.39 is 6.04 Å². The van der Waals surface area contributed by atoms with Gasteiger partial charge in [-0.3, -0.25) is 34.2 Å². The molecule has 4 aromatic rings. The van der Waals surface area contributed by atoms with Crippen LogP contribution in [-0.2, 0) is 25.6 Å². The molecule has 1 unspecified atom stereocenters. The summed E-state index contributed by atoms with van der Waals surface area (Å²) in [5.74, 6) is 5.91. The summed E-state index contributed by atoms with van der Waals surface area (Å²) in [7, 11) is 8.66. The van der Waals surface area contributed by atoms with E-state index in [-0.39, 0.29) is 36.5 Å². The maximum absolute atomic E-state index is 13.3. The highest BCUT2D eigenvalue weighted by atomic mass is 16.5. The lowest BCUT2D eigenvalue weighted by Crippen LogP contribution is -2.51. The Morgan fingerprint density at radius 2 is 1.72 bits per heavy atom. The van der Waals surface area contributed by atoms with Crippen LogP contribution in [0.1, 0.15) is 47.3 Å². The van der Waals surface area contributed by atoms with E-state index in [2.05, 4.69) is 56.5 Å². The third-order valence-electron chi connectivity index (χ3n) is 12.7. The fourth-order valence-corrected chi connectivity index (χ4v) is 8.93. The molecule has 5 amide bonds. The molecule has 1 atom stereocenters. The summed E-state index contributed by atoms with van der Waals surface area (Å²) in [6.45, 7) is 5.62. The van der Waals surface area contributed by atoms with E-state index in [0.29, 0.717) is 49.6 Å². The van der Waals surface area contributed by atoms with Crippen molar-refractivity contribution >= 4 is 63.6 Å². The maximum Gasteiger partial charge on any atom is 0.269 e. The van der Waals surface area contributed by atoms with E-state index in [1.54, 1.807) is 33.2 Å². The molecule has 4 heterocycles. The maximum atomic E-state index is 13.3. The largest absolute Gasteiger partial charge is 0.496 e. The zero-order valence-electron chi connectivity index (χ0n) is 38.0. The smallest absolute Gasteiger partial charge is 0.269 e. The number of imide groups is 1. The third-order valence-corrected chi connectivity index (χ3v) is 12.7. The number of aromatic amines is 1. The molecule has 17 nitrogen and oxygen atoms in total. The van der Waals surface area contributed by atoms with Crippen molar-refractivity contribution in [2.45, 2.75) is 38.1 Å². The minimum Gasteiger partial charge on any atom is -0.496 e. The zero-order valence-corrected chi connectivity index (χ0v) is 38.0. The summed E-state index contributed by atoms with van der Waals surface area (Å²) >= 11 is 0. The number of nitrogens with two attached hydrogens (primary N) is 2. The zero-order chi connectivity index (χ0) is 46.4. The van der Waals surface area contributed by atoms with Gasteiger partial charge in [0.1, 0.15) is 17.5 Å².